The normalized spacial score (nSPS) is 14.6. The van der Waals surface area contributed by atoms with E-state index in [4.69, 9.17) is 0 Å². The van der Waals surface area contributed by atoms with Crippen LogP contribution in [0.25, 0.3) is 0 Å². The summed E-state index contributed by atoms with van der Waals surface area (Å²) < 4.78 is 0.935. The molecule has 24 heavy (non-hydrogen) atoms. The van der Waals surface area contributed by atoms with Crippen molar-refractivity contribution < 1.29 is 0 Å². The van der Waals surface area contributed by atoms with E-state index in [-0.39, 0.29) is 0 Å². The van der Waals surface area contributed by atoms with E-state index < -0.39 is 6.47 Å². The third-order valence-corrected chi connectivity index (χ3v) is 11.2. The standard InChI is InChI=1S/C18H16Br6/c1-9-6-5-7-13(11(9)3)17(21,18(22,23)24)15-12(4)10(2)8-14(19)16(15)20/h5-8H,1-4H3. The number of alkyl halides is 4. The maximum Gasteiger partial charge on any atom is 0.158 e. The topological polar surface area (TPSA) is 0 Å². The van der Waals surface area contributed by atoms with Crippen molar-refractivity contribution in [3.8, 4) is 0 Å². The summed E-state index contributed by atoms with van der Waals surface area (Å²) in [4.78, 5) is 0. The van der Waals surface area contributed by atoms with Gasteiger partial charge >= 0.3 is 0 Å². The van der Waals surface area contributed by atoms with E-state index in [0.717, 1.165) is 14.5 Å². The molecule has 0 heterocycles. The van der Waals surface area contributed by atoms with E-state index >= 15 is 0 Å². The van der Waals surface area contributed by atoms with Crippen molar-refractivity contribution in [1.29, 1.82) is 0 Å². The van der Waals surface area contributed by atoms with Crippen LogP contribution >= 0.6 is 95.6 Å². The Morgan fingerprint density at radius 1 is 0.792 bits per heavy atom. The second-order valence-corrected chi connectivity index (χ2v) is 15.5. The van der Waals surface area contributed by atoms with Crippen molar-refractivity contribution in [3.05, 3.63) is 66.6 Å². The van der Waals surface area contributed by atoms with Gasteiger partial charge in [0.25, 0.3) is 0 Å². The molecular weight excluding hydrogens is 696 g/mol. The number of rotatable bonds is 2. The first-order valence-electron chi connectivity index (χ1n) is 7.21. The molecule has 2 rings (SSSR count). The Bertz CT molecular complexity index is 765. The molecule has 0 saturated heterocycles. The van der Waals surface area contributed by atoms with Crippen LogP contribution in [-0.2, 0) is 4.32 Å². The van der Waals surface area contributed by atoms with Crippen LogP contribution in [0.5, 0.6) is 0 Å². The lowest BCUT2D eigenvalue weighted by Gasteiger charge is -2.40. The Morgan fingerprint density at radius 2 is 1.38 bits per heavy atom. The molecule has 0 N–H and O–H groups in total. The molecule has 0 bridgehead atoms. The first kappa shape index (κ1) is 21.6. The van der Waals surface area contributed by atoms with E-state index in [1.54, 1.807) is 0 Å². The Labute approximate surface area is 194 Å². The van der Waals surface area contributed by atoms with Crippen LogP contribution in [0.1, 0.15) is 33.4 Å². The Morgan fingerprint density at radius 3 is 1.92 bits per heavy atom. The Balaban J connectivity index is 2.99. The van der Waals surface area contributed by atoms with Crippen molar-refractivity contribution >= 4 is 95.6 Å². The largest absolute Gasteiger partial charge is 0.158 e. The zero-order valence-electron chi connectivity index (χ0n) is 13.6. The number of halogens is 6. The van der Waals surface area contributed by atoms with Gasteiger partial charge in [0.05, 0.1) is 0 Å². The lowest BCUT2D eigenvalue weighted by Crippen LogP contribution is -2.36. The Hall–Kier alpha value is 1.32. The zero-order chi connectivity index (χ0) is 18.4. The smallest absolute Gasteiger partial charge is 0.0713 e. The zero-order valence-corrected chi connectivity index (χ0v) is 23.1. The minimum absolute atomic E-state index is 0.548. The monoisotopic (exact) mass is 706 g/mol. The molecule has 2 aromatic carbocycles. The lowest BCUT2D eigenvalue weighted by atomic mass is 9.85. The van der Waals surface area contributed by atoms with Gasteiger partial charge in [-0.25, -0.2) is 0 Å². The van der Waals surface area contributed by atoms with Gasteiger partial charge in [-0.2, -0.15) is 0 Å². The van der Waals surface area contributed by atoms with Gasteiger partial charge in [0.15, 0.2) is 2.14 Å². The molecule has 0 aromatic heterocycles. The summed E-state index contributed by atoms with van der Waals surface area (Å²) in [7, 11) is 0. The molecule has 1 unspecified atom stereocenters. The number of hydrogen-bond acceptors (Lipinski definition) is 0. The maximum absolute atomic E-state index is 4.09. The summed E-state index contributed by atoms with van der Waals surface area (Å²) >= 11 is 23.0. The third-order valence-electron chi connectivity index (χ3n) is 4.45. The summed E-state index contributed by atoms with van der Waals surface area (Å²) in [6, 6.07) is 8.54. The SMILES string of the molecule is Cc1cccc(C(Br)(c2c(C)c(C)cc(Br)c2Br)C(Br)(Br)Br)c1C. The van der Waals surface area contributed by atoms with Gasteiger partial charge in [-0.3, -0.25) is 0 Å². The molecule has 0 spiro atoms. The quantitative estimate of drug-likeness (QED) is 0.273. The predicted molar refractivity (Wildman–Crippen MR) is 126 cm³/mol. The molecule has 0 aliphatic heterocycles. The van der Waals surface area contributed by atoms with Crippen LogP contribution in [0.4, 0.5) is 0 Å². The molecule has 0 aliphatic carbocycles. The van der Waals surface area contributed by atoms with Gasteiger partial charge in [-0.15, -0.1) is 0 Å². The molecule has 2 aromatic rings. The van der Waals surface area contributed by atoms with Gasteiger partial charge < -0.3 is 0 Å². The van der Waals surface area contributed by atoms with Crippen molar-refractivity contribution in [2.45, 2.75) is 34.2 Å². The molecule has 1 atom stereocenters. The van der Waals surface area contributed by atoms with Crippen LogP contribution in [0.2, 0.25) is 0 Å². The number of benzene rings is 2. The second-order valence-electron chi connectivity index (χ2n) is 5.89. The van der Waals surface area contributed by atoms with Crippen molar-refractivity contribution in [1.82, 2.24) is 0 Å². The lowest BCUT2D eigenvalue weighted by molar-refractivity contribution is 0.804. The summed E-state index contributed by atoms with van der Waals surface area (Å²) in [6.07, 6.45) is 0. The summed E-state index contributed by atoms with van der Waals surface area (Å²) in [5.74, 6) is 0. The Kier molecular flexibility index (Phi) is 6.98. The van der Waals surface area contributed by atoms with Gasteiger partial charge in [-0.1, -0.05) is 81.9 Å². The molecule has 0 fully saturated rings. The van der Waals surface area contributed by atoms with Crippen LogP contribution < -0.4 is 0 Å². The molecule has 0 aliphatic rings. The van der Waals surface area contributed by atoms with Crippen LogP contribution in [0, 0.1) is 27.7 Å². The fourth-order valence-electron chi connectivity index (χ4n) is 2.81. The van der Waals surface area contributed by atoms with E-state index in [2.05, 4.69) is 148 Å². The highest BCUT2D eigenvalue weighted by Gasteiger charge is 2.50. The third kappa shape index (κ3) is 3.66. The van der Waals surface area contributed by atoms with E-state index in [1.165, 1.54) is 27.8 Å². The van der Waals surface area contributed by atoms with Crippen LogP contribution in [-0.4, -0.2) is 2.14 Å². The highest BCUT2D eigenvalue weighted by atomic mass is 80.0. The molecule has 0 nitrogen and oxygen atoms in total. The predicted octanol–water partition coefficient (Wildman–Crippen LogP) is 8.92. The molecular formula is C18H16Br6. The van der Waals surface area contributed by atoms with Crippen molar-refractivity contribution in [2.24, 2.45) is 0 Å². The number of hydrogen-bond donors (Lipinski definition) is 0. The highest BCUT2D eigenvalue weighted by Crippen LogP contribution is 2.61. The minimum atomic E-state index is -0.584. The van der Waals surface area contributed by atoms with Crippen molar-refractivity contribution in [2.75, 3.05) is 0 Å². The minimum Gasteiger partial charge on any atom is -0.0713 e. The average molecular weight is 712 g/mol. The second kappa shape index (κ2) is 7.75. The first-order valence-corrected chi connectivity index (χ1v) is 12.0. The number of aryl methyl sites for hydroxylation is 2. The molecule has 6 heteroatoms. The van der Waals surface area contributed by atoms with Crippen LogP contribution in [0.3, 0.4) is 0 Å². The van der Waals surface area contributed by atoms with Gasteiger partial charge in [-0.05, 0) is 99.0 Å². The van der Waals surface area contributed by atoms with E-state index in [0.29, 0.717) is 0 Å². The van der Waals surface area contributed by atoms with E-state index in [9.17, 15) is 0 Å². The van der Waals surface area contributed by atoms with Crippen molar-refractivity contribution in [3.63, 3.8) is 0 Å². The highest BCUT2D eigenvalue weighted by molar-refractivity contribution is 9.40. The maximum atomic E-state index is 4.09. The molecule has 130 valence electrons. The summed E-state index contributed by atoms with van der Waals surface area (Å²) in [5, 5.41) is 0. The molecule has 0 saturated carbocycles. The fourth-order valence-corrected chi connectivity index (χ4v) is 6.48. The fraction of sp³-hybridized carbons (Fsp3) is 0.333. The van der Waals surface area contributed by atoms with Crippen LogP contribution in [0.15, 0.2) is 33.2 Å². The van der Waals surface area contributed by atoms with Gasteiger partial charge in [0, 0.05) is 8.95 Å². The molecule has 0 amide bonds. The summed E-state index contributed by atoms with van der Waals surface area (Å²) in [5.41, 5.74) is 7.31. The first-order chi connectivity index (χ1) is 10.9. The average Bonchev–Trinajstić information content (AvgIpc) is 2.47. The van der Waals surface area contributed by atoms with Gasteiger partial charge in [0.2, 0.25) is 0 Å². The van der Waals surface area contributed by atoms with Gasteiger partial charge in [0.1, 0.15) is 4.32 Å². The summed E-state index contributed by atoms with van der Waals surface area (Å²) in [6.45, 7) is 8.58. The van der Waals surface area contributed by atoms with E-state index in [1.807, 2.05) is 0 Å². The molecule has 0 radical (unpaired) electrons.